The van der Waals surface area contributed by atoms with Crippen LogP contribution in [0.4, 0.5) is 0 Å². The average Bonchev–Trinajstić information content (AvgIpc) is 2.97. The molecule has 0 fully saturated rings. The highest BCUT2D eigenvalue weighted by Crippen LogP contribution is 2.13. The first-order valence-corrected chi connectivity index (χ1v) is 17.1. The normalized spacial score (nSPS) is 10.9. The maximum absolute atomic E-state index is 12.0. The summed E-state index contributed by atoms with van der Waals surface area (Å²) in [6.45, 7) is 8.96. The smallest absolute Gasteiger partial charge is 0.306 e. The lowest BCUT2D eigenvalue weighted by molar-refractivity contribution is -0.697. The monoisotopic (exact) mass is 637 g/mol. The van der Waals surface area contributed by atoms with Crippen molar-refractivity contribution >= 4 is 5.97 Å². The van der Waals surface area contributed by atoms with Crippen molar-refractivity contribution in [3.8, 4) is 0 Å². The van der Waals surface area contributed by atoms with Crippen molar-refractivity contribution in [2.45, 2.75) is 161 Å². The van der Waals surface area contributed by atoms with Gasteiger partial charge in [-0.2, -0.15) is 0 Å². The summed E-state index contributed by atoms with van der Waals surface area (Å²) in [5.41, 5.74) is 0.851. The summed E-state index contributed by atoms with van der Waals surface area (Å²) in [4.78, 5) is 12.0. The van der Waals surface area contributed by atoms with Crippen molar-refractivity contribution in [2.24, 2.45) is 0 Å². The first kappa shape index (κ1) is 39.8. The van der Waals surface area contributed by atoms with E-state index in [-0.39, 0.29) is 23.0 Å². The number of aryl methyl sites for hydroxylation is 1. The zero-order chi connectivity index (χ0) is 28.8. The first-order chi connectivity index (χ1) is 19.7. The van der Waals surface area contributed by atoms with Crippen LogP contribution < -0.4 is 21.5 Å². The van der Waals surface area contributed by atoms with Crippen LogP contribution >= 0.6 is 0 Å². The molecule has 1 rings (SSSR count). The zero-order valence-corrected chi connectivity index (χ0v) is 28.3. The van der Waals surface area contributed by atoms with Crippen molar-refractivity contribution in [1.82, 2.24) is 0 Å². The molecule has 41 heavy (non-hydrogen) atoms. The molecule has 0 aliphatic rings. The Bertz CT molecular complexity index is 697. The number of rotatable bonds is 30. The van der Waals surface area contributed by atoms with E-state index >= 15 is 0 Å². The molecule has 0 amide bonds. The molecule has 0 unspecified atom stereocenters. The molecular formula is C36H64BrNO3. The fourth-order valence-corrected chi connectivity index (χ4v) is 5.12. The van der Waals surface area contributed by atoms with Crippen LogP contribution in [0, 0.1) is 0 Å². The van der Waals surface area contributed by atoms with Gasteiger partial charge in [-0.3, -0.25) is 4.79 Å². The molecule has 0 atom stereocenters. The van der Waals surface area contributed by atoms with Crippen LogP contribution in [0.5, 0.6) is 0 Å². The second-order valence-electron chi connectivity index (χ2n) is 11.8. The number of aromatic nitrogens is 1. The van der Waals surface area contributed by atoms with E-state index in [1.54, 1.807) is 0 Å². The predicted octanol–water partition coefficient (Wildman–Crippen LogP) is 7.09. The molecule has 0 radical (unpaired) electrons. The topological polar surface area (TPSA) is 39.4 Å². The number of nitrogens with zero attached hydrogens (tertiary/aromatic N) is 1. The molecule has 0 spiro atoms. The number of esters is 1. The van der Waals surface area contributed by atoms with E-state index < -0.39 is 0 Å². The third kappa shape index (κ3) is 28.7. The second kappa shape index (κ2) is 31.7. The Morgan fingerprint density at radius 2 is 1.07 bits per heavy atom. The summed E-state index contributed by atoms with van der Waals surface area (Å²) in [6.07, 6.45) is 33.6. The van der Waals surface area contributed by atoms with Gasteiger partial charge in [-0.1, -0.05) is 135 Å². The Morgan fingerprint density at radius 1 is 0.610 bits per heavy atom. The number of hydrogen-bond acceptors (Lipinski definition) is 3. The molecular weight excluding hydrogens is 574 g/mol. The van der Waals surface area contributed by atoms with Gasteiger partial charge in [0.2, 0.25) is 0 Å². The summed E-state index contributed by atoms with van der Waals surface area (Å²) in [5, 5.41) is 0. The molecule has 0 saturated heterocycles. The molecule has 1 aromatic heterocycles. The van der Waals surface area contributed by atoms with Gasteiger partial charge in [0.25, 0.3) is 0 Å². The van der Waals surface area contributed by atoms with Gasteiger partial charge >= 0.3 is 5.97 Å². The molecule has 238 valence electrons. The van der Waals surface area contributed by atoms with E-state index in [4.69, 9.17) is 9.47 Å². The fourth-order valence-electron chi connectivity index (χ4n) is 5.12. The van der Waals surface area contributed by atoms with Gasteiger partial charge in [-0.25, -0.2) is 4.57 Å². The third-order valence-electron chi connectivity index (χ3n) is 7.71. The quantitative estimate of drug-likeness (QED) is 0.0391. The molecule has 1 heterocycles. The summed E-state index contributed by atoms with van der Waals surface area (Å²) in [7, 11) is 0. The van der Waals surface area contributed by atoms with Crippen molar-refractivity contribution in [3.05, 3.63) is 42.7 Å². The number of carbonyl (C=O) groups is 1. The van der Waals surface area contributed by atoms with Crippen molar-refractivity contribution in [2.75, 3.05) is 19.8 Å². The average molecular weight is 639 g/mol. The minimum atomic E-state index is -0.105. The van der Waals surface area contributed by atoms with Crippen LogP contribution in [-0.4, -0.2) is 25.8 Å². The Morgan fingerprint density at radius 3 is 1.61 bits per heavy atom. The molecule has 0 aliphatic carbocycles. The van der Waals surface area contributed by atoms with Gasteiger partial charge in [0, 0.05) is 31.6 Å². The fraction of sp³-hybridized carbons (Fsp3) is 0.778. The summed E-state index contributed by atoms with van der Waals surface area (Å²) in [6, 6.07) is 6.23. The molecule has 0 saturated carbocycles. The lowest BCUT2D eigenvalue weighted by atomic mass is 10.0. The van der Waals surface area contributed by atoms with E-state index in [0.29, 0.717) is 19.6 Å². The highest BCUT2D eigenvalue weighted by Gasteiger charge is 2.05. The maximum Gasteiger partial charge on any atom is 0.306 e. The number of ether oxygens (including phenoxy) is 2. The summed E-state index contributed by atoms with van der Waals surface area (Å²) < 4.78 is 13.3. The molecule has 4 nitrogen and oxygen atoms in total. The van der Waals surface area contributed by atoms with Gasteiger partial charge in [-0.05, 0) is 24.8 Å². The Kier molecular flexibility index (Phi) is 30.8. The maximum atomic E-state index is 12.0. The van der Waals surface area contributed by atoms with Gasteiger partial charge in [0.05, 0.1) is 6.61 Å². The molecule has 5 heteroatoms. The first-order valence-electron chi connectivity index (χ1n) is 17.1. The van der Waals surface area contributed by atoms with Crippen LogP contribution in [0.15, 0.2) is 42.7 Å². The number of hydrogen-bond donors (Lipinski definition) is 0. The van der Waals surface area contributed by atoms with Crippen LogP contribution in [0.2, 0.25) is 0 Å². The minimum Gasteiger partial charge on any atom is -1.00 e. The number of pyridine rings is 1. The lowest BCUT2D eigenvalue weighted by Crippen LogP contribution is -3.00. The van der Waals surface area contributed by atoms with Gasteiger partial charge < -0.3 is 26.5 Å². The lowest BCUT2D eigenvalue weighted by Gasteiger charge is -2.09. The second-order valence-corrected chi connectivity index (χ2v) is 11.8. The van der Waals surface area contributed by atoms with E-state index in [0.717, 1.165) is 38.0 Å². The van der Waals surface area contributed by atoms with E-state index in [1.807, 2.05) is 0 Å². The Balaban J connectivity index is 0.0000160. The van der Waals surface area contributed by atoms with Crippen molar-refractivity contribution in [1.29, 1.82) is 0 Å². The van der Waals surface area contributed by atoms with E-state index in [2.05, 4.69) is 48.7 Å². The van der Waals surface area contributed by atoms with Crippen LogP contribution in [0.1, 0.15) is 155 Å². The number of carbonyl (C=O) groups excluding carboxylic acids is 1. The largest absolute Gasteiger partial charge is 1.00 e. The standard InChI is InChI=1S/C36H64NO3.BrH/c1-3-4-5-6-7-8-9-10-11-12-15-18-21-27-32-39-33-35(2)34-40-36(38)28-23-19-16-13-14-17-20-24-29-37-30-25-22-26-31-37;/h22,25-26,30-31H,2-21,23-24,27-29,32-34H2,1H3;1H/q+1;/p-1. The van der Waals surface area contributed by atoms with Crippen molar-refractivity contribution in [3.63, 3.8) is 0 Å². The van der Waals surface area contributed by atoms with Gasteiger partial charge in [0.1, 0.15) is 13.2 Å². The van der Waals surface area contributed by atoms with Gasteiger partial charge in [0.15, 0.2) is 12.4 Å². The SMILES string of the molecule is C=C(COCCCCCCCCCCCCCCCC)COC(=O)CCCCCCCCCC[n+]1ccccc1.[Br-]. The summed E-state index contributed by atoms with van der Waals surface area (Å²) >= 11 is 0. The van der Waals surface area contributed by atoms with E-state index in [1.165, 1.54) is 122 Å². The molecule has 0 aromatic carbocycles. The molecule has 0 aliphatic heterocycles. The Labute approximate surface area is 264 Å². The highest BCUT2D eigenvalue weighted by molar-refractivity contribution is 5.69. The molecule has 0 bridgehead atoms. The van der Waals surface area contributed by atoms with Crippen molar-refractivity contribution < 1.29 is 35.8 Å². The number of unbranched alkanes of at least 4 members (excludes halogenated alkanes) is 20. The highest BCUT2D eigenvalue weighted by atomic mass is 79.9. The number of halogens is 1. The summed E-state index contributed by atoms with van der Waals surface area (Å²) in [5.74, 6) is -0.105. The van der Waals surface area contributed by atoms with Crippen LogP contribution in [0.25, 0.3) is 0 Å². The molecule has 0 N–H and O–H groups in total. The zero-order valence-electron chi connectivity index (χ0n) is 26.7. The molecule has 1 aromatic rings. The van der Waals surface area contributed by atoms with E-state index in [9.17, 15) is 4.79 Å². The minimum absolute atomic E-state index is 0. The predicted molar refractivity (Wildman–Crippen MR) is 169 cm³/mol. The van der Waals surface area contributed by atoms with Crippen LogP contribution in [-0.2, 0) is 20.8 Å². The third-order valence-corrected chi connectivity index (χ3v) is 7.71. The van der Waals surface area contributed by atoms with Gasteiger partial charge in [-0.15, -0.1) is 0 Å². The Hall–Kier alpha value is -1.20. The van der Waals surface area contributed by atoms with Crippen LogP contribution in [0.3, 0.4) is 0 Å².